The molecule has 0 aromatic carbocycles. The first kappa shape index (κ1) is 17.2. The van der Waals surface area contributed by atoms with E-state index >= 15 is 0 Å². The molecule has 6 nitrogen and oxygen atoms in total. The van der Waals surface area contributed by atoms with E-state index in [1.54, 1.807) is 0 Å². The summed E-state index contributed by atoms with van der Waals surface area (Å²) in [6.07, 6.45) is 2.83. The molecule has 0 aliphatic carbocycles. The lowest BCUT2D eigenvalue weighted by Gasteiger charge is -2.24. The monoisotopic (exact) mass is 293 g/mol. The predicted molar refractivity (Wildman–Crippen MR) is 86.6 cm³/mol. The van der Waals surface area contributed by atoms with E-state index in [2.05, 4.69) is 29.1 Å². The van der Waals surface area contributed by atoms with Crippen LogP contribution < -0.4 is 16.0 Å². The molecule has 0 saturated carbocycles. The highest BCUT2D eigenvalue weighted by Crippen LogP contribution is 2.24. The number of anilines is 2. The van der Waals surface area contributed by atoms with Crippen LogP contribution in [0.4, 0.5) is 11.6 Å². The molecule has 1 heterocycles. The van der Waals surface area contributed by atoms with Crippen molar-refractivity contribution in [1.82, 2.24) is 9.97 Å². The second-order valence-corrected chi connectivity index (χ2v) is 5.09. The van der Waals surface area contributed by atoms with Gasteiger partial charge in [-0.3, -0.25) is 4.79 Å². The fraction of sp³-hybridized carbons (Fsp3) is 0.667. The predicted octanol–water partition coefficient (Wildman–Crippen LogP) is 1.87. The Morgan fingerprint density at radius 1 is 1.24 bits per heavy atom. The Labute approximate surface area is 127 Å². The minimum atomic E-state index is -0.352. The molecule has 0 unspecified atom stereocenters. The second-order valence-electron chi connectivity index (χ2n) is 5.09. The molecule has 0 aliphatic heterocycles. The first-order valence-electron chi connectivity index (χ1n) is 7.68. The van der Waals surface area contributed by atoms with Crippen LogP contribution in [-0.4, -0.2) is 35.5 Å². The van der Waals surface area contributed by atoms with Crippen LogP contribution in [0.3, 0.4) is 0 Å². The lowest BCUT2D eigenvalue weighted by atomic mass is 10.2. The molecule has 1 amide bonds. The molecule has 0 aliphatic rings. The molecule has 1 aromatic heterocycles. The van der Waals surface area contributed by atoms with Gasteiger partial charge in [-0.1, -0.05) is 13.8 Å². The Kier molecular flexibility index (Phi) is 6.91. The zero-order valence-corrected chi connectivity index (χ0v) is 13.6. The van der Waals surface area contributed by atoms with Crippen LogP contribution in [0, 0.1) is 6.92 Å². The van der Waals surface area contributed by atoms with Crippen LogP contribution >= 0.6 is 0 Å². The third-order valence-corrected chi connectivity index (χ3v) is 3.21. The summed E-state index contributed by atoms with van der Waals surface area (Å²) in [7, 11) is 0. The number of primary amides is 1. The molecule has 1 rings (SSSR count). The Hall–Kier alpha value is -1.85. The fourth-order valence-electron chi connectivity index (χ4n) is 2.13. The highest BCUT2D eigenvalue weighted by Gasteiger charge is 2.16. The van der Waals surface area contributed by atoms with Crippen molar-refractivity contribution in [3.8, 4) is 0 Å². The van der Waals surface area contributed by atoms with Crippen molar-refractivity contribution in [1.29, 1.82) is 0 Å². The van der Waals surface area contributed by atoms with E-state index < -0.39 is 0 Å². The van der Waals surface area contributed by atoms with Gasteiger partial charge in [0.15, 0.2) is 0 Å². The van der Waals surface area contributed by atoms with Crippen molar-refractivity contribution in [2.45, 2.75) is 47.0 Å². The maximum Gasteiger partial charge on any atom is 0.236 e. The van der Waals surface area contributed by atoms with Crippen molar-refractivity contribution in [3.63, 3.8) is 0 Å². The van der Waals surface area contributed by atoms with Crippen molar-refractivity contribution in [2.75, 3.05) is 29.9 Å². The molecule has 21 heavy (non-hydrogen) atoms. The average molecular weight is 293 g/mol. The van der Waals surface area contributed by atoms with Crippen LogP contribution in [0.25, 0.3) is 0 Å². The number of nitrogens with zero attached hydrogens (tertiary/aromatic N) is 3. The summed E-state index contributed by atoms with van der Waals surface area (Å²) in [6, 6.07) is 0. The van der Waals surface area contributed by atoms with Gasteiger partial charge in [0.25, 0.3) is 0 Å². The summed E-state index contributed by atoms with van der Waals surface area (Å²) < 4.78 is 0. The van der Waals surface area contributed by atoms with E-state index in [-0.39, 0.29) is 12.5 Å². The topological polar surface area (TPSA) is 84.1 Å². The Bertz CT molecular complexity index is 475. The number of aromatic nitrogens is 2. The first-order chi connectivity index (χ1) is 10.0. The summed E-state index contributed by atoms with van der Waals surface area (Å²) >= 11 is 0. The summed E-state index contributed by atoms with van der Waals surface area (Å²) in [5, 5.41) is 3.34. The van der Waals surface area contributed by atoms with Gasteiger partial charge in [0.05, 0.1) is 6.54 Å². The lowest BCUT2D eigenvalue weighted by Crippen LogP contribution is -2.35. The van der Waals surface area contributed by atoms with Gasteiger partial charge in [0.2, 0.25) is 5.91 Å². The Balaban J connectivity index is 3.19. The molecule has 1 aromatic rings. The Morgan fingerprint density at radius 2 is 1.95 bits per heavy atom. The van der Waals surface area contributed by atoms with Gasteiger partial charge in [-0.15, -0.1) is 0 Å². The quantitative estimate of drug-likeness (QED) is 0.726. The van der Waals surface area contributed by atoms with E-state index in [0.717, 1.165) is 48.8 Å². The maximum absolute atomic E-state index is 11.2. The van der Waals surface area contributed by atoms with E-state index in [4.69, 9.17) is 5.73 Å². The van der Waals surface area contributed by atoms with Gasteiger partial charge in [-0.05, 0) is 26.7 Å². The number of aryl methyl sites for hydroxylation is 1. The number of rotatable bonds is 9. The highest BCUT2D eigenvalue weighted by molar-refractivity contribution is 5.79. The summed E-state index contributed by atoms with van der Waals surface area (Å²) in [5.74, 6) is 2.11. The van der Waals surface area contributed by atoms with Gasteiger partial charge < -0.3 is 16.0 Å². The number of carbonyl (C=O) groups is 1. The van der Waals surface area contributed by atoms with Gasteiger partial charge >= 0.3 is 0 Å². The molecule has 0 bridgehead atoms. The minimum Gasteiger partial charge on any atom is -0.370 e. The molecule has 3 N–H and O–H groups in total. The molecular weight excluding hydrogens is 266 g/mol. The number of nitrogens with one attached hydrogen (secondary N) is 1. The van der Waals surface area contributed by atoms with E-state index in [0.29, 0.717) is 6.54 Å². The van der Waals surface area contributed by atoms with Gasteiger partial charge in [0, 0.05) is 25.1 Å². The molecule has 0 spiro atoms. The van der Waals surface area contributed by atoms with E-state index in [1.165, 1.54) is 0 Å². The number of nitrogens with two attached hydrogens (primary N) is 1. The molecule has 0 radical (unpaired) electrons. The molecule has 118 valence electrons. The zero-order chi connectivity index (χ0) is 15.8. The third-order valence-electron chi connectivity index (χ3n) is 3.21. The van der Waals surface area contributed by atoms with Crippen LogP contribution in [0.2, 0.25) is 0 Å². The van der Waals surface area contributed by atoms with E-state index in [9.17, 15) is 4.79 Å². The van der Waals surface area contributed by atoms with Crippen LogP contribution in [0.1, 0.15) is 45.0 Å². The van der Waals surface area contributed by atoms with Crippen LogP contribution in [0.5, 0.6) is 0 Å². The van der Waals surface area contributed by atoms with Crippen molar-refractivity contribution in [3.05, 3.63) is 11.4 Å². The summed E-state index contributed by atoms with van der Waals surface area (Å²) in [4.78, 5) is 22.4. The van der Waals surface area contributed by atoms with Crippen molar-refractivity contribution >= 4 is 17.5 Å². The highest BCUT2D eigenvalue weighted by atomic mass is 16.1. The first-order valence-corrected chi connectivity index (χ1v) is 7.68. The molecule has 6 heteroatoms. The van der Waals surface area contributed by atoms with Gasteiger partial charge in [-0.25, -0.2) is 9.97 Å². The number of carbonyl (C=O) groups excluding carboxylic acids is 1. The number of hydrogen-bond acceptors (Lipinski definition) is 5. The minimum absolute atomic E-state index is 0.174. The van der Waals surface area contributed by atoms with Crippen LogP contribution in [-0.2, 0) is 11.2 Å². The summed E-state index contributed by atoms with van der Waals surface area (Å²) in [5.41, 5.74) is 6.30. The smallest absolute Gasteiger partial charge is 0.236 e. The summed E-state index contributed by atoms with van der Waals surface area (Å²) in [6.45, 7) is 9.90. The number of hydrogen-bond donors (Lipinski definition) is 2. The normalized spacial score (nSPS) is 10.5. The molecular formula is C15H27N5O. The van der Waals surface area contributed by atoms with E-state index in [1.807, 2.05) is 18.7 Å². The van der Waals surface area contributed by atoms with Crippen molar-refractivity contribution < 1.29 is 4.79 Å². The number of likely N-dealkylation sites (N-methyl/N-ethyl adjacent to an activating group) is 1. The van der Waals surface area contributed by atoms with Gasteiger partial charge in [-0.2, -0.15) is 0 Å². The Morgan fingerprint density at radius 3 is 2.48 bits per heavy atom. The number of amides is 1. The average Bonchev–Trinajstić information content (AvgIpc) is 2.45. The zero-order valence-electron chi connectivity index (χ0n) is 13.6. The largest absolute Gasteiger partial charge is 0.370 e. The molecule has 0 atom stereocenters. The lowest BCUT2D eigenvalue weighted by molar-refractivity contribution is -0.116. The second kappa shape index (κ2) is 8.44. The maximum atomic E-state index is 11.2. The molecule has 0 saturated heterocycles. The fourth-order valence-corrected chi connectivity index (χ4v) is 2.13. The van der Waals surface area contributed by atoms with Gasteiger partial charge in [0.1, 0.15) is 17.5 Å². The third kappa shape index (κ3) is 4.88. The van der Waals surface area contributed by atoms with Crippen LogP contribution in [0.15, 0.2) is 0 Å². The standard InChI is InChI=1S/C15H27N5O/c1-5-8-13-18-14(17-9-6-2)11(4)15(19-13)20(7-3)10-12(16)21/h5-10H2,1-4H3,(H2,16,21)(H,17,18,19). The SMILES string of the molecule is CCCNc1nc(CCC)nc(N(CC)CC(N)=O)c1C. The van der Waals surface area contributed by atoms with Crippen molar-refractivity contribution in [2.24, 2.45) is 5.73 Å². The molecule has 0 fully saturated rings.